The van der Waals surface area contributed by atoms with Crippen molar-refractivity contribution in [1.29, 1.82) is 0 Å². The molecule has 2 N–H and O–H groups in total. The normalized spacial score (nSPS) is 17.5. The maximum Gasteiger partial charge on any atom is 0.221 e. The number of nitrogens with zero attached hydrogens (tertiary/aromatic N) is 2. The first kappa shape index (κ1) is 16.1. The molecule has 7 heteroatoms. The topological polar surface area (TPSA) is 76.1 Å². The van der Waals surface area contributed by atoms with Crippen LogP contribution in [0.4, 0.5) is 5.82 Å². The molecule has 1 fully saturated rings. The van der Waals surface area contributed by atoms with Gasteiger partial charge in [0.25, 0.3) is 0 Å². The molecule has 0 aromatic carbocycles. The summed E-state index contributed by atoms with van der Waals surface area (Å²) in [4.78, 5) is 22.7. The van der Waals surface area contributed by atoms with Gasteiger partial charge in [0.15, 0.2) is 0 Å². The predicted octanol–water partition coefficient (Wildman–Crippen LogP) is 2.35. The maximum absolute atomic E-state index is 11.9. The number of aryl methyl sites for hydroxylation is 1. The Morgan fingerprint density at radius 1 is 1.48 bits per heavy atom. The SMILES string of the molecule is CCc1cc2c(NCCC(=O)NC[C@@H]3CCCO3)ncnc2s1. The summed E-state index contributed by atoms with van der Waals surface area (Å²) >= 11 is 1.69. The number of nitrogens with one attached hydrogen (secondary N) is 2. The van der Waals surface area contributed by atoms with Crippen LogP contribution in [0.2, 0.25) is 0 Å². The highest BCUT2D eigenvalue weighted by atomic mass is 32.1. The van der Waals surface area contributed by atoms with E-state index in [2.05, 4.69) is 33.6 Å². The molecule has 0 spiro atoms. The Balaban J connectivity index is 1.48. The van der Waals surface area contributed by atoms with Gasteiger partial charge in [-0.1, -0.05) is 6.92 Å². The van der Waals surface area contributed by atoms with Gasteiger partial charge in [0, 0.05) is 31.0 Å². The number of rotatable bonds is 7. The van der Waals surface area contributed by atoms with Crippen molar-refractivity contribution < 1.29 is 9.53 Å². The number of fused-ring (bicyclic) bond motifs is 1. The Hall–Kier alpha value is -1.73. The van der Waals surface area contributed by atoms with Crippen molar-refractivity contribution in [2.75, 3.05) is 25.0 Å². The van der Waals surface area contributed by atoms with Crippen molar-refractivity contribution >= 4 is 33.3 Å². The third-order valence-electron chi connectivity index (χ3n) is 3.92. The summed E-state index contributed by atoms with van der Waals surface area (Å²) in [6.07, 6.45) is 5.29. The van der Waals surface area contributed by atoms with E-state index >= 15 is 0 Å². The van der Waals surface area contributed by atoms with Crippen LogP contribution in [0.5, 0.6) is 0 Å². The van der Waals surface area contributed by atoms with Crippen molar-refractivity contribution in [3.8, 4) is 0 Å². The summed E-state index contributed by atoms with van der Waals surface area (Å²) in [6, 6.07) is 2.12. The number of aromatic nitrogens is 2. The third-order valence-corrected chi connectivity index (χ3v) is 5.11. The van der Waals surface area contributed by atoms with Crippen LogP contribution in [0.3, 0.4) is 0 Å². The largest absolute Gasteiger partial charge is 0.376 e. The van der Waals surface area contributed by atoms with Crippen LogP contribution < -0.4 is 10.6 Å². The molecule has 2 aromatic heterocycles. The molecule has 1 atom stereocenters. The average molecular weight is 334 g/mol. The van der Waals surface area contributed by atoms with Gasteiger partial charge in [-0.2, -0.15) is 0 Å². The molecule has 1 amide bonds. The van der Waals surface area contributed by atoms with E-state index in [0.29, 0.717) is 19.5 Å². The molecule has 124 valence electrons. The van der Waals surface area contributed by atoms with Gasteiger partial charge in [-0.05, 0) is 25.3 Å². The summed E-state index contributed by atoms with van der Waals surface area (Å²) in [5, 5.41) is 7.21. The zero-order valence-corrected chi connectivity index (χ0v) is 14.1. The van der Waals surface area contributed by atoms with Gasteiger partial charge in [-0.25, -0.2) is 9.97 Å². The smallest absolute Gasteiger partial charge is 0.221 e. The zero-order chi connectivity index (χ0) is 16.1. The summed E-state index contributed by atoms with van der Waals surface area (Å²) in [7, 11) is 0. The van der Waals surface area contributed by atoms with Gasteiger partial charge >= 0.3 is 0 Å². The number of hydrogen-bond acceptors (Lipinski definition) is 6. The molecule has 0 bridgehead atoms. The van der Waals surface area contributed by atoms with E-state index in [1.165, 1.54) is 4.88 Å². The minimum absolute atomic E-state index is 0.0397. The molecule has 0 aliphatic carbocycles. The summed E-state index contributed by atoms with van der Waals surface area (Å²) in [5.41, 5.74) is 0. The lowest BCUT2D eigenvalue weighted by Gasteiger charge is -2.11. The second-order valence-electron chi connectivity index (χ2n) is 5.62. The van der Waals surface area contributed by atoms with E-state index in [1.807, 2.05) is 0 Å². The van der Waals surface area contributed by atoms with Crippen LogP contribution in [0.1, 0.15) is 31.1 Å². The Morgan fingerprint density at radius 2 is 2.39 bits per heavy atom. The fourth-order valence-corrected chi connectivity index (χ4v) is 3.57. The van der Waals surface area contributed by atoms with Gasteiger partial charge in [0.2, 0.25) is 5.91 Å². The summed E-state index contributed by atoms with van der Waals surface area (Å²) in [5.74, 6) is 0.843. The number of carbonyl (C=O) groups is 1. The average Bonchev–Trinajstić information content (AvgIpc) is 3.22. The van der Waals surface area contributed by atoms with Crippen LogP contribution in [-0.4, -0.2) is 41.7 Å². The van der Waals surface area contributed by atoms with Crippen molar-refractivity contribution in [3.63, 3.8) is 0 Å². The highest BCUT2D eigenvalue weighted by Gasteiger charge is 2.16. The number of ether oxygens (including phenoxy) is 1. The second kappa shape index (κ2) is 7.70. The molecule has 2 aromatic rings. The van der Waals surface area contributed by atoms with Crippen LogP contribution in [0, 0.1) is 0 Å². The minimum Gasteiger partial charge on any atom is -0.376 e. The van der Waals surface area contributed by atoms with Gasteiger partial charge in [-0.15, -0.1) is 11.3 Å². The number of anilines is 1. The molecular formula is C16H22N4O2S. The van der Waals surface area contributed by atoms with E-state index in [4.69, 9.17) is 4.74 Å². The first-order valence-corrected chi connectivity index (χ1v) is 8.93. The first-order chi connectivity index (χ1) is 11.3. The molecule has 1 aliphatic heterocycles. The standard InChI is InChI=1S/C16H22N4O2S/c1-2-12-8-13-15(19-10-20-16(13)23-12)17-6-5-14(21)18-9-11-4-3-7-22-11/h8,10-11H,2-7,9H2,1H3,(H,18,21)(H,17,19,20)/t11-/m0/s1. The molecule has 1 saturated heterocycles. The van der Waals surface area contributed by atoms with Crippen LogP contribution >= 0.6 is 11.3 Å². The van der Waals surface area contributed by atoms with Crippen molar-refractivity contribution in [2.24, 2.45) is 0 Å². The predicted molar refractivity (Wildman–Crippen MR) is 91.9 cm³/mol. The number of amides is 1. The van der Waals surface area contributed by atoms with Gasteiger partial charge in [-0.3, -0.25) is 4.79 Å². The number of thiophene rings is 1. The monoisotopic (exact) mass is 334 g/mol. The lowest BCUT2D eigenvalue weighted by Crippen LogP contribution is -2.32. The van der Waals surface area contributed by atoms with Gasteiger partial charge in [0.05, 0.1) is 11.5 Å². The first-order valence-electron chi connectivity index (χ1n) is 8.12. The highest BCUT2D eigenvalue weighted by Crippen LogP contribution is 2.28. The summed E-state index contributed by atoms with van der Waals surface area (Å²) in [6.45, 7) is 4.11. The van der Waals surface area contributed by atoms with Crippen molar-refractivity contribution in [1.82, 2.24) is 15.3 Å². The van der Waals surface area contributed by atoms with Gasteiger partial charge in [0.1, 0.15) is 17.0 Å². The molecule has 1 aliphatic rings. The second-order valence-corrected chi connectivity index (χ2v) is 6.74. The molecule has 3 heterocycles. The fraction of sp³-hybridized carbons (Fsp3) is 0.562. The zero-order valence-electron chi connectivity index (χ0n) is 13.3. The Bertz CT molecular complexity index is 667. The quantitative estimate of drug-likeness (QED) is 0.813. The summed E-state index contributed by atoms with van der Waals surface area (Å²) < 4.78 is 5.49. The van der Waals surface area contributed by atoms with Crippen molar-refractivity contribution in [3.05, 3.63) is 17.3 Å². The highest BCUT2D eigenvalue weighted by molar-refractivity contribution is 7.18. The lowest BCUT2D eigenvalue weighted by atomic mass is 10.2. The fourth-order valence-electron chi connectivity index (χ4n) is 2.64. The molecular weight excluding hydrogens is 312 g/mol. The van der Waals surface area contributed by atoms with Crippen LogP contribution in [-0.2, 0) is 16.0 Å². The molecule has 0 radical (unpaired) electrons. The molecule has 23 heavy (non-hydrogen) atoms. The van der Waals surface area contributed by atoms with Gasteiger partial charge < -0.3 is 15.4 Å². The molecule has 3 rings (SSSR count). The maximum atomic E-state index is 11.9. The Kier molecular flexibility index (Phi) is 5.40. The minimum atomic E-state index is 0.0397. The van der Waals surface area contributed by atoms with Crippen molar-refractivity contribution in [2.45, 2.75) is 38.7 Å². The molecule has 6 nitrogen and oxygen atoms in total. The van der Waals surface area contributed by atoms with E-state index in [-0.39, 0.29) is 12.0 Å². The van der Waals surface area contributed by atoms with E-state index in [9.17, 15) is 4.79 Å². The van der Waals surface area contributed by atoms with Crippen LogP contribution in [0.25, 0.3) is 10.2 Å². The van der Waals surface area contributed by atoms with Crippen LogP contribution in [0.15, 0.2) is 12.4 Å². The Labute approximate surface area is 139 Å². The number of carbonyl (C=O) groups excluding carboxylic acids is 1. The molecule has 0 unspecified atom stereocenters. The molecule has 0 saturated carbocycles. The Morgan fingerprint density at radius 3 is 3.17 bits per heavy atom. The lowest BCUT2D eigenvalue weighted by molar-refractivity contribution is -0.121. The van der Waals surface area contributed by atoms with E-state index in [1.54, 1.807) is 17.7 Å². The van der Waals surface area contributed by atoms with E-state index in [0.717, 1.165) is 41.9 Å². The third kappa shape index (κ3) is 4.17. The number of hydrogen-bond donors (Lipinski definition) is 2. The van der Waals surface area contributed by atoms with E-state index < -0.39 is 0 Å².